The molecule has 3 atom stereocenters. The van der Waals surface area contributed by atoms with Crippen LogP contribution in [0.4, 0.5) is 11.4 Å². The molecular weight excluding hydrogens is 454 g/mol. The molecule has 178 valence electrons. The summed E-state index contributed by atoms with van der Waals surface area (Å²) in [5, 5.41) is 13.5. The number of fused-ring (bicyclic) bond motifs is 1. The molecule has 0 spiro atoms. The van der Waals surface area contributed by atoms with Crippen LogP contribution in [0.3, 0.4) is 0 Å². The third kappa shape index (κ3) is 3.70. The van der Waals surface area contributed by atoms with E-state index in [1.165, 1.54) is 28.9 Å². The second kappa shape index (κ2) is 8.35. The van der Waals surface area contributed by atoms with Crippen LogP contribution >= 0.6 is 0 Å². The zero-order valence-electron chi connectivity index (χ0n) is 18.7. The predicted octanol–water partition coefficient (Wildman–Crippen LogP) is 1.99. The Kier molecular flexibility index (Phi) is 5.31. The first-order valence-electron chi connectivity index (χ1n) is 11.0. The van der Waals surface area contributed by atoms with Gasteiger partial charge < -0.3 is 0 Å². The fourth-order valence-corrected chi connectivity index (χ4v) is 4.84. The Balaban J connectivity index is 1.44. The van der Waals surface area contributed by atoms with Crippen LogP contribution in [0.15, 0.2) is 75.8 Å². The minimum Gasteiger partial charge on any atom is -0.274 e. The van der Waals surface area contributed by atoms with Crippen LogP contribution in [0.2, 0.25) is 0 Å². The maximum Gasteiger partial charge on any atom is 0.347 e. The second-order valence-corrected chi connectivity index (χ2v) is 8.72. The number of hydrogen-bond donors (Lipinski definition) is 1. The van der Waals surface area contributed by atoms with Gasteiger partial charge in [0.1, 0.15) is 0 Å². The monoisotopic (exact) mass is 475 g/mol. The molecule has 5 rings (SSSR count). The minimum atomic E-state index is -0.723. The molecule has 1 aliphatic carbocycles. The fourth-order valence-electron chi connectivity index (χ4n) is 4.84. The smallest absolute Gasteiger partial charge is 0.274 e. The number of nitrogens with one attached hydrogen (secondary N) is 1. The average Bonchev–Trinajstić information content (AvgIpc) is 3.26. The molecule has 2 heterocycles. The van der Waals surface area contributed by atoms with E-state index in [2.05, 4.69) is 5.10 Å². The Labute approximate surface area is 198 Å². The van der Waals surface area contributed by atoms with E-state index in [-0.39, 0.29) is 24.3 Å². The lowest BCUT2D eigenvalue weighted by molar-refractivity contribution is -0.384. The normalized spacial score (nSPS) is 21.7. The van der Waals surface area contributed by atoms with Gasteiger partial charge in [-0.2, -0.15) is 0 Å². The number of carbonyl (C=O) groups excluding carboxylic acids is 2. The summed E-state index contributed by atoms with van der Waals surface area (Å²) in [6, 6.07) is 13.7. The van der Waals surface area contributed by atoms with Crippen molar-refractivity contribution in [3.05, 3.63) is 103 Å². The highest BCUT2D eigenvalue weighted by molar-refractivity contribution is 6.22. The van der Waals surface area contributed by atoms with E-state index in [9.17, 15) is 29.3 Å². The zero-order chi connectivity index (χ0) is 24.9. The maximum atomic E-state index is 13.2. The number of imide groups is 1. The van der Waals surface area contributed by atoms with Crippen molar-refractivity contribution >= 4 is 23.2 Å². The highest BCUT2D eigenvalue weighted by Crippen LogP contribution is 2.42. The summed E-state index contributed by atoms with van der Waals surface area (Å²) >= 11 is 0. The molecule has 0 bridgehead atoms. The van der Waals surface area contributed by atoms with Crippen LogP contribution in [0.1, 0.15) is 24.9 Å². The van der Waals surface area contributed by atoms with Gasteiger partial charge in [0.05, 0.1) is 35.0 Å². The number of nitrogens with zero attached hydrogens (tertiary/aromatic N) is 4. The number of aromatic nitrogens is 3. The first kappa shape index (κ1) is 22.3. The Bertz CT molecular complexity index is 1480. The van der Waals surface area contributed by atoms with E-state index in [0.29, 0.717) is 5.57 Å². The minimum absolute atomic E-state index is 0.106. The lowest BCUT2D eigenvalue weighted by Crippen LogP contribution is -2.35. The third-order valence-electron chi connectivity index (χ3n) is 6.63. The number of nitro benzene ring substituents is 1. The highest BCUT2D eigenvalue weighted by Gasteiger charge is 2.50. The van der Waals surface area contributed by atoms with E-state index in [4.69, 9.17) is 0 Å². The SMILES string of the molecule is CC1=C[C@@H]2C(=O)N(c3ccc([N+](=O)[O-])cc3)C(=O)[C@H]2C[C@H]1n1[nH]c(=O)n(Cc2ccccc2)c1=O. The van der Waals surface area contributed by atoms with Crippen molar-refractivity contribution in [2.24, 2.45) is 11.8 Å². The van der Waals surface area contributed by atoms with Gasteiger partial charge in [0.25, 0.3) is 5.69 Å². The molecule has 0 radical (unpaired) electrons. The van der Waals surface area contributed by atoms with E-state index >= 15 is 0 Å². The van der Waals surface area contributed by atoms with Crippen molar-refractivity contribution in [2.45, 2.75) is 25.9 Å². The summed E-state index contributed by atoms with van der Waals surface area (Å²) in [5.41, 5.74) is 0.498. The number of carbonyl (C=O) groups is 2. The van der Waals surface area contributed by atoms with Gasteiger partial charge in [0.2, 0.25) is 11.8 Å². The van der Waals surface area contributed by atoms with Crippen LogP contribution in [-0.2, 0) is 16.1 Å². The van der Waals surface area contributed by atoms with Crippen molar-refractivity contribution in [1.29, 1.82) is 0 Å². The lowest BCUT2D eigenvalue weighted by Gasteiger charge is -2.27. The Morgan fingerprint density at radius 3 is 2.34 bits per heavy atom. The Morgan fingerprint density at radius 2 is 1.69 bits per heavy atom. The maximum absolute atomic E-state index is 13.2. The standard InChI is InChI=1S/C24H21N5O6/c1-14-11-18-19(22(31)27(21(18)30)16-7-9-17(10-8-16)29(34)35)12-20(14)28-24(33)26(23(32)25-28)13-15-5-3-2-4-6-15/h2-11,18-20H,12-13H2,1H3,(H,25,32)/t18-,19-,20+/m0/s1. The summed E-state index contributed by atoms with van der Waals surface area (Å²) in [5.74, 6) is -2.29. The molecule has 35 heavy (non-hydrogen) atoms. The van der Waals surface area contributed by atoms with Gasteiger partial charge in [-0.15, -0.1) is 0 Å². The molecule has 3 aromatic rings. The summed E-state index contributed by atoms with van der Waals surface area (Å²) < 4.78 is 2.32. The molecule has 1 fully saturated rings. The van der Waals surface area contributed by atoms with E-state index in [1.807, 2.05) is 30.3 Å². The highest BCUT2D eigenvalue weighted by atomic mass is 16.6. The number of non-ortho nitro benzene ring substituents is 1. The molecule has 0 saturated carbocycles. The summed E-state index contributed by atoms with van der Waals surface area (Å²) in [7, 11) is 0. The van der Waals surface area contributed by atoms with Crippen molar-refractivity contribution in [3.8, 4) is 0 Å². The summed E-state index contributed by atoms with van der Waals surface area (Å²) in [6.07, 6.45) is 1.83. The zero-order valence-corrected chi connectivity index (χ0v) is 18.7. The van der Waals surface area contributed by atoms with Crippen molar-refractivity contribution in [2.75, 3.05) is 4.90 Å². The first-order chi connectivity index (χ1) is 16.8. The van der Waals surface area contributed by atoms with Crippen LogP contribution in [0, 0.1) is 22.0 Å². The van der Waals surface area contributed by atoms with Gasteiger partial charge in [-0.05, 0) is 31.0 Å². The fraction of sp³-hybridized carbons (Fsp3) is 0.250. The topological polar surface area (TPSA) is 140 Å². The molecule has 11 nitrogen and oxygen atoms in total. The van der Waals surface area contributed by atoms with Gasteiger partial charge >= 0.3 is 11.4 Å². The Hall–Kier alpha value is -4.54. The molecule has 1 N–H and O–H groups in total. The number of amides is 2. The molecular formula is C24H21N5O6. The lowest BCUT2D eigenvalue weighted by atomic mass is 9.80. The number of H-pyrrole nitrogens is 1. The number of rotatable bonds is 5. The van der Waals surface area contributed by atoms with Crippen molar-refractivity contribution in [3.63, 3.8) is 0 Å². The molecule has 1 saturated heterocycles. The average molecular weight is 475 g/mol. The van der Waals surface area contributed by atoms with Crippen LogP contribution in [-0.4, -0.2) is 31.1 Å². The number of allylic oxidation sites excluding steroid dienone is 1. The summed E-state index contributed by atoms with van der Waals surface area (Å²) in [4.78, 5) is 63.4. The van der Waals surface area contributed by atoms with Crippen molar-refractivity contribution in [1.82, 2.24) is 14.3 Å². The van der Waals surface area contributed by atoms with Crippen molar-refractivity contribution < 1.29 is 14.5 Å². The molecule has 11 heteroatoms. The number of benzene rings is 2. The van der Waals surface area contributed by atoms with Gasteiger partial charge in [-0.25, -0.2) is 28.8 Å². The Morgan fingerprint density at radius 1 is 1.00 bits per heavy atom. The quantitative estimate of drug-likeness (QED) is 0.259. The van der Waals surface area contributed by atoms with E-state index < -0.39 is 46.0 Å². The predicted molar refractivity (Wildman–Crippen MR) is 125 cm³/mol. The van der Waals surface area contributed by atoms with Crippen LogP contribution < -0.4 is 16.3 Å². The largest absolute Gasteiger partial charge is 0.347 e. The number of aromatic amines is 1. The molecule has 2 aliphatic rings. The van der Waals surface area contributed by atoms with Crippen LogP contribution in [0.25, 0.3) is 0 Å². The molecule has 1 aromatic heterocycles. The van der Waals surface area contributed by atoms with Gasteiger partial charge in [-0.3, -0.25) is 19.7 Å². The molecule has 2 aromatic carbocycles. The van der Waals surface area contributed by atoms with Crippen LogP contribution in [0.5, 0.6) is 0 Å². The van der Waals surface area contributed by atoms with E-state index in [0.717, 1.165) is 15.0 Å². The molecule has 2 amide bonds. The van der Waals surface area contributed by atoms with Gasteiger partial charge in [0.15, 0.2) is 0 Å². The van der Waals surface area contributed by atoms with Gasteiger partial charge in [-0.1, -0.05) is 42.0 Å². The van der Waals surface area contributed by atoms with Gasteiger partial charge in [0, 0.05) is 12.1 Å². The number of anilines is 1. The summed E-state index contributed by atoms with van der Waals surface area (Å²) in [6.45, 7) is 1.86. The third-order valence-corrected chi connectivity index (χ3v) is 6.63. The number of nitro groups is 1. The molecule has 0 unspecified atom stereocenters. The number of hydrogen-bond acceptors (Lipinski definition) is 6. The molecule has 1 aliphatic heterocycles. The van der Waals surface area contributed by atoms with E-state index in [1.54, 1.807) is 13.0 Å². The second-order valence-electron chi connectivity index (χ2n) is 8.72. The first-order valence-corrected chi connectivity index (χ1v) is 11.0.